The number of anilines is 2. The van der Waals surface area contributed by atoms with Crippen molar-refractivity contribution in [3.63, 3.8) is 0 Å². The van der Waals surface area contributed by atoms with Crippen LogP contribution in [0.25, 0.3) is 4.96 Å². The van der Waals surface area contributed by atoms with E-state index < -0.39 is 0 Å². The van der Waals surface area contributed by atoms with E-state index in [1.165, 1.54) is 27.5 Å². The summed E-state index contributed by atoms with van der Waals surface area (Å²) in [5, 5.41) is 8.06. The molecule has 1 N–H and O–H groups in total. The van der Waals surface area contributed by atoms with Crippen LogP contribution in [-0.4, -0.2) is 33.1 Å². The molecule has 1 saturated heterocycles. The molecule has 0 bridgehead atoms. The van der Waals surface area contributed by atoms with Gasteiger partial charge in [-0.1, -0.05) is 30.4 Å². The lowest BCUT2D eigenvalue weighted by Gasteiger charge is -2.22. The number of carbonyl (C=O) groups excluding carboxylic acids is 1. The van der Waals surface area contributed by atoms with Gasteiger partial charge in [0.2, 0.25) is 16.0 Å². The lowest BCUT2D eigenvalue weighted by molar-refractivity contribution is -0.117. The molecule has 3 aromatic rings. The second-order valence-electron chi connectivity index (χ2n) is 6.71. The summed E-state index contributed by atoms with van der Waals surface area (Å²) in [7, 11) is 0. The Morgan fingerprint density at radius 2 is 2.11 bits per heavy atom. The summed E-state index contributed by atoms with van der Waals surface area (Å²) in [6, 6.07) is 9.07. The topological polar surface area (TPSA) is 79.6 Å². The molecule has 27 heavy (non-hydrogen) atoms. The van der Waals surface area contributed by atoms with Gasteiger partial charge in [-0.15, -0.1) is 5.10 Å². The molecule has 7 nitrogen and oxygen atoms in total. The van der Waals surface area contributed by atoms with Gasteiger partial charge in [0, 0.05) is 24.0 Å². The van der Waals surface area contributed by atoms with Crippen molar-refractivity contribution in [1.82, 2.24) is 14.6 Å². The van der Waals surface area contributed by atoms with E-state index in [2.05, 4.69) is 22.3 Å². The van der Waals surface area contributed by atoms with E-state index in [9.17, 15) is 9.59 Å². The maximum Gasteiger partial charge on any atom is 0.275 e. The van der Waals surface area contributed by atoms with Crippen LogP contribution in [0.3, 0.4) is 0 Å². The Labute approximate surface area is 160 Å². The number of fused-ring (bicyclic) bond motifs is 1. The quantitative estimate of drug-likeness (QED) is 0.749. The van der Waals surface area contributed by atoms with Crippen LogP contribution >= 0.6 is 11.3 Å². The molecule has 1 atom stereocenters. The average molecular weight is 383 g/mol. The second-order valence-corrected chi connectivity index (χ2v) is 7.64. The van der Waals surface area contributed by atoms with Gasteiger partial charge < -0.3 is 10.2 Å². The number of rotatable bonds is 4. The summed E-state index contributed by atoms with van der Waals surface area (Å²) >= 11 is 1.34. The highest BCUT2D eigenvalue weighted by atomic mass is 32.1. The first-order chi connectivity index (χ1) is 13.0. The van der Waals surface area contributed by atoms with Crippen LogP contribution in [-0.2, 0) is 11.2 Å². The van der Waals surface area contributed by atoms with E-state index in [0.717, 1.165) is 31.5 Å². The molecule has 0 radical (unpaired) electrons. The Kier molecular flexibility index (Phi) is 4.65. The average Bonchev–Trinajstić information content (AvgIpc) is 3.29. The molecule has 1 aromatic carbocycles. The summed E-state index contributed by atoms with van der Waals surface area (Å²) in [6.07, 6.45) is 2.63. The maximum atomic E-state index is 12.8. The SMILES string of the molecule is CCc1ccc(NC(=O)[C@@H]2CCCN2c2nn3c(=O)cc(C)nc3s2)cc1. The molecule has 3 heterocycles. The zero-order valence-corrected chi connectivity index (χ0v) is 16.1. The standard InChI is InChI=1S/C19H21N5O2S/c1-3-13-6-8-14(9-7-13)21-17(26)15-5-4-10-23(15)19-22-24-16(25)11-12(2)20-18(24)27-19/h6-9,11,15H,3-5,10H2,1-2H3,(H,21,26)/t15-/m0/s1. The molecule has 4 rings (SSSR count). The third-order valence-electron chi connectivity index (χ3n) is 4.79. The zero-order chi connectivity index (χ0) is 19.0. The van der Waals surface area contributed by atoms with Crippen molar-refractivity contribution in [2.75, 3.05) is 16.8 Å². The second kappa shape index (κ2) is 7.11. The van der Waals surface area contributed by atoms with Gasteiger partial charge in [-0.2, -0.15) is 4.52 Å². The van der Waals surface area contributed by atoms with E-state index in [0.29, 0.717) is 15.8 Å². The fraction of sp³-hybridized carbons (Fsp3) is 0.368. The van der Waals surface area contributed by atoms with E-state index >= 15 is 0 Å². The molecular weight excluding hydrogens is 362 g/mol. The third-order valence-corrected chi connectivity index (χ3v) is 5.74. The first-order valence-electron chi connectivity index (χ1n) is 9.09. The molecule has 0 saturated carbocycles. The van der Waals surface area contributed by atoms with Crippen LogP contribution in [0.4, 0.5) is 10.8 Å². The molecule has 1 fully saturated rings. The van der Waals surface area contributed by atoms with Gasteiger partial charge in [0.1, 0.15) is 6.04 Å². The van der Waals surface area contributed by atoms with Crippen molar-refractivity contribution < 1.29 is 4.79 Å². The van der Waals surface area contributed by atoms with Gasteiger partial charge in [-0.3, -0.25) is 9.59 Å². The fourth-order valence-electron chi connectivity index (χ4n) is 3.34. The predicted molar refractivity (Wildman–Crippen MR) is 107 cm³/mol. The van der Waals surface area contributed by atoms with Crippen LogP contribution < -0.4 is 15.8 Å². The molecule has 8 heteroatoms. The van der Waals surface area contributed by atoms with Gasteiger partial charge in [-0.25, -0.2) is 4.98 Å². The van der Waals surface area contributed by atoms with Crippen LogP contribution in [0.1, 0.15) is 31.0 Å². The highest BCUT2D eigenvalue weighted by molar-refractivity contribution is 7.20. The number of aromatic nitrogens is 3. The lowest BCUT2D eigenvalue weighted by atomic mass is 10.1. The van der Waals surface area contributed by atoms with E-state index in [1.54, 1.807) is 6.92 Å². The van der Waals surface area contributed by atoms with Crippen LogP contribution in [0.15, 0.2) is 35.1 Å². The minimum atomic E-state index is -0.298. The van der Waals surface area contributed by atoms with Crippen molar-refractivity contribution in [3.8, 4) is 0 Å². The smallest absolute Gasteiger partial charge is 0.275 e. The fourth-order valence-corrected chi connectivity index (χ4v) is 4.37. The maximum absolute atomic E-state index is 12.8. The minimum Gasteiger partial charge on any atom is -0.335 e. The summed E-state index contributed by atoms with van der Waals surface area (Å²) in [5.41, 5.74) is 2.50. The summed E-state index contributed by atoms with van der Waals surface area (Å²) in [5.74, 6) is -0.0486. The highest BCUT2D eigenvalue weighted by Gasteiger charge is 2.33. The predicted octanol–water partition coefficient (Wildman–Crippen LogP) is 2.63. The van der Waals surface area contributed by atoms with Crippen molar-refractivity contribution in [3.05, 3.63) is 51.9 Å². The van der Waals surface area contributed by atoms with Crippen molar-refractivity contribution >= 4 is 33.0 Å². The van der Waals surface area contributed by atoms with Crippen LogP contribution in [0.2, 0.25) is 0 Å². The van der Waals surface area contributed by atoms with Gasteiger partial charge in [0.05, 0.1) is 0 Å². The van der Waals surface area contributed by atoms with Crippen molar-refractivity contribution in [2.24, 2.45) is 0 Å². The molecule has 1 amide bonds. The Hall–Kier alpha value is -2.74. The number of nitrogens with one attached hydrogen (secondary N) is 1. The molecule has 0 unspecified atom stereocenters. The van der Waals surface area contributed by atoms with E-state index in [4.69, 9.17) is 0 Å². The van der Waals surface area contributed by atoms with E-state index in [1.807, 2.05) is 29.2 Å². The summed E-state index contributed by atoms with van der Waals surface area (Å²) < 4.78 is 1.31. The minimum absolute atomic E-state index is 0.0486. The highest BCUT2D eigenvalue weighted by Crippen LogP contribution is 2.29. The zero-order valence-electron chi connectivity index (χ0n) is 15.3. The Balaban J connectivity index is 1.57. The van der Waals surface area contributed by atoms with Gasteiger partial charge in [0.25, 0.3) is 5.56 Å². The lowest BCUT2D eigenvalue weighted by Crippen LogP contribution is -2.39. The van der Waals surface area contributed by atoms with Crippen LogP contribution in [0, 0.1) is 6.92 Å². The molecule has 1 aliphatic rings. The van der Waals surface area contributed by atoms with Gasteiger partial charge >= 0.3 is 0 Å². The normalized spacial score (nSPS) is 16.8. The Morgan fingerprint density at radius 1 is 1.33 bits per heavy atom. The third kappa shape index (κ3) is 3.44. The molecule has 1 aliphatic heterocycles. The van der Waals surface area contributed by atoms with Crippen LogP contribution in [0.5, 0.6) is 0 Å². The molecular formula is C19H21N5O2S. The van der Waals surface area contributed by atoms with Crippen molar-refractivity contribution in [1.29, 1.82) is 0 Å². The number of hydrogen-bond donors (Lipinski definition) is 1. The monoisotopic (exact) mass is 383 g/mol. The Morgan fingerprint density at radius 3 is 2.85 bits per heavy atom. The number of amides is 1. The van der Waals surface area contributed by atoms with Gasteiger partial charge in [0.15, 0.2) is 0 Å². The molecule has 0 aliphatic carbocycles. The number of hydrogen-bond acceptors (Lipinski definition) is 6. The van der Waals surface area contributed by atoms with E-state index in [-0.39, 0.29) is 17.5 Å². The number of carbonyl (C=O) groups is 1. The van der Waals surface area contributed by atoms with Gasteiger partial charge in [-0.05, 0) is 43.9 Å². The first kappa shape index (κ1) is 17.7. The van der Waals surface area contributed by atoms with Crippen molar-refractivity contribution in [2.45, 2.75) is 39.2 Å². The summed E-state index contributed by atoms with van der Waals surface area (Å²) in [4.78, 5) is 31.8. The number of benzene rings is 1. The number of nitrogens with zero attached hydrogens (tertiary/aromatic N) is 4. The molecule has 0 spiro atoms. The Bertz CT molecular complexity index is 1040. The molecule has 140 valence electrons. The first-order valence-corrected chi connectivity index (χ1v) is 9.91. The molecule has 2 aromatic heterocycles. The summed E-state index contributed by atoms with van der Waals surface area (Å²) in [6.45, 7) is 4.63. The number of aryl methyl sites for hydroxylation is 2. The largest absolute Gasteiger partial charge is 0.335 e.